The van der Waals surface area contributed by atoms with Gasteiger partial charge < -0.3 is 23.7 Å². The Labute approximate surface area is 195 Å². The van der Waals surface area contributed by atoms with Crippen molar-refractivity contribution in [2.24, 2.45) is 0 Å². The van der Waals surface area contributed by atoms with Crippen LogP contribution in [0.5, 0.6) is 17.2 Å². The summed E-state index contributed by atoms with van der Waals surface area (Å²) in [5, 5.41) is 0. The van der Waals surface area contributed by atoms with Gasteiger partial charge in [0.25, 0.3) is 0 Å². The minimum atomic E-state index is -3.61. The number of methoxy groups -OCH3 is 3. The van der Waals surface area contributed by atoms with E-state index in [1.807, 2.05) is 31.2 Å². The van der Waals surface area contributed by atoms with Crippen LogP contribution in [0, 0.1) is 6.92 Å². The Morgan fingerprint density at radius 3 is 2.27 bits per heavy atom. The summed E-state index contributed by atoms with van der Waals surface area (Å²) in [6, 6.07) is 10.7. The van der Waals surface area contributed by atoms with Gasteiger partial charge in [0, 0.05) is 25.9 Å². The molecule has 2 fully saturated rings. The lowest BCUT2D eigenvalue weighted by Crippen LogP contribution is -2.56. The summed E-state index contributed by atoms with van der Waals surface area (Å²) < 4.78 is 56.9. The molecule has 0 aromatic heterocycles. The Morgan fingerprint density at radius 1 is 1.00 bits per heavy atom. The highest BCUT2D eigenvalue weighted by atomic mass is 32.2. The molecule has 0 unspecified atom stereocenters. The maximum atomic E-state index is 13.3. The average Bonchev–Trinajstić information content (AvgIpc) is 2.83. The maximum Gasteiger partial charge on any atom is 0.243 e. The molecule has 2 aromatic rings. The van der Waals surface area contributed by atoms with Crippen LogP contribution in [0.3, 0.4) is 0 Å². The van der Waals surface area contributed by atoms with Crippen molar-refractivity contribution in [2.75, 3.05) is 47.6 Å². The molecule has 0 radical (unpaired) electrons. The fourth-order valence-corrected chi connectivity index (χ4v) is 6.03. The molecule has 0 N–H and O–H groups in total. The van der Waals surface area contributed by atoms with Gasteiger partial charge in [0.1, 0.15) is 0 Å². The molecule has 4 rings (SSSR count). The summed E-state index contributed by atoms with van der Waals surface area (Å²) >= 11 is 0. The molecule has 8 nitrogen and oxygen atoms in total. The number of hydrogen-bond donors (Lipinski definition) is 0. The fraction of sp³-hybridized carbons (Fsp3) is 0.500. The van der Waals surface area contributed by atoms with Crippen molar-refractivity contribution in [3.05, 3.63) is 47.5 Å². The molecule has 0 saturated carbocycles. The molecule has 2 saturated heterocycles. The van der Waals surface area contributed by atoms with Gasteiger partial charge in [-0.05, 0) is 36.8 Å². The van der Waals surface area contributed by atoms with E-state index in [4.69, 9.17) is 23.7 Å². The van der Waals surface area contributed by atoms with E-state index in [0.717, 1.165) is 11.1 Å². The molecular weight excluding hydrogens is 446 g/mol. The lowest BCUT2D eigenvalue weighted by Gasteiger charge is -2.46. The summed E-state index contributed by atoms with van der Waals surface area (Å²) in [4.78, 5) is 0.304. The topological polar surface area (TPSA) is 83.5 Å². The average molecular weight is 478 g/mol. The van der Waals surface area contributed by atoms with Gasteiger partial charge in [-0.3, -0.25) is 0 Å². The number of hydrogen-bond acceptors (Lipinski definition) is 7. The van der Waals surface area contributed by atoms with Crippen LogP contribution in [0.25, 0.3) is 0 Å². The van der Waals surface area contributed by atoms with E-state index in [1.165, 1.54) is 0 Å². The van der Waals surface area contributed by atoms with Crippen LogP contribution < -0.4 is 14.2 Å². The van der Waals surface area contributed by atoms with E-state index in [1.54, 1.807) is 37.8 Å². The van der Waals surface area contributed by atoms with Gasteiger partial charge >= 0.3 is 0 Å². The fourth-order valence-electron chi connectivity index (χ4n) is 4.54. The first kappa shape index (κ1) is 23.8. The van der Waals surface area contributed by atoms with Gasteiger partial charge in [0.05, 0.1) is 51.1 Å². The zero-order valence-corrected chi connectivity index (χ0v) is 20.3. The number of aryl methyl sites for hydroxylation is 1. The molecule has 2 heterocycles. The Morgan fingerprint density at radius 2 is 1.67 bits per heavy atom. The Bertz CT molecular complexity index is 1060. The quantitative estimate of drug-likeness (QED) is 0.631. The van der Waals surface area contributed by atoms with Crippen LogP contribution in [0.1, 0.15) is 30.1 Å². The SMILES string of the molecule is COc1cc([C@H]2C[C@]3(CCO2)CN(S(=O)(=O)c2ccc(C)cc2)CCO3)cc(OC)c1OC. The van der Waals surface area contributed by atoms with Gasteiger partial charge in [0.15, 0.2) is 11.5 Å². The molecule has 0 bridgehead atoms. The lowest BCUT2D eigenvalue weighted by molar-refractivity contribution is -0.163. The second-order valence-electron chi connectivity index (χ2n) is 8.46. The van der Waals surface area contributed by atoms with Gasteiger partial charge in [-0.2, -0.15) is 4.31 Å². The largest absolute Gasteiger partial charge is 0.493 e. The van der Waals surface area contributed by atoms with Crippen LogP contribution >= 0.6 is 0 Å². The minimum Gasteiger partial charge on any atom is -0.493 e. The van der Waals surface area contributed by atoms with E-state index in [-0.39, 0.29) is 12.6 Å². The number of rotatable bonds is 6. The second-order valence-corrected chi connectivity index (χ2v) is 10.4. The number of nitrogens with zero attached hydrogens (tertiary/aromatic N) is 1. The number of morpholine rings is 1. The first-order valence-electron chi connectivity index (χ1n) is 10.9. The monoisotopic (exact) mass is 477 g/mol. The van der Waals surface area contributed by atoms with Crippen LogP contribution in [-0.2, 0) is 19.5 Å². The predicted octanol–water partition coefficient (Wildman–Crippen LogP) is 3.33. The first-order valence-corrected chi connectivity index (χ1v) is 12.4. The lowest BCUT2D eigenvalue weighted by atomic mass is 9.86. The van der Waals surface area contributed by atoms with Gasteiger partial charge in [-0.1, -0.05) is 17.7 Å². The van der Waals surface area contributed by atoms with Gasteiger partial charge in [0.2, 0.25) is 15.8 Å². The van der Waals surface area contributed by atoms with Crippen molar-refractivity contribution < 1.29 is 32.1 Å². The van der Waals surface area contributed by atoms with Crippen molar-refractivity contribution in [2.45, 2.75) is 36.4 Å². The van der Waals surface area contributed by atoms with Gasteiger partial charge in [-0.15, -0.1) is 0 Å². The first-order chi connectivity index (χ1) is 15.8. The number of benzene rings is 2. The highest BCUT2D eigenvalue weighted by Crippen LogP contribution is 2.45. The van der Waals surface area contributed by atoms with Crippen molar-refractivity contribution in [1.82, 2.24) is 4.31 Å². The van der Waals surface area contributed by atoms with Crippen molar-refractivity contribution >= 4 is 10.0 Å². The van der Waals surface area contributed by atoms with E-state index < -0.39 is 15.6 Å². The van der Waals surface area contributed by atoms with Crippen molar-refractivity contribution in [3.63, 3.8) is 0 Å². The molecule has 1 spiro atoms. The highest BCUT2D eigenvalue weighted by Gasteiger charge is 2.45. The van der Waals surface area contributed by atoms with Crippen LogP contribution in [-0.4, -0.2) is 66.0 Å². The van der Waals surface area contributed by atoms with Crippen LogP contribution in [0.2, 0.25) is 0 Å². The molecule has 2 aliphatic heterocycles. The summed E-state index contributed by atoms with van der Waals surface area (Å²) in [6.45, 7) is 3.35. The number of ether oxygens (including phenoxy) is 5. The Balaban J connectivity index is 1.59. The van der Waals surface area contributed by atoms with E-state index in [0.29, 0.717) is 54.7 Å². The van der Waals surface area contributed by atoms with Crippen LogP contribution in [0.4, 0.5) is 0 Å². The standard InChI is InChI=1S/C24H31NO7S/c1-17-5-7-19(8-6-17)33(26,27)25-10-12-32-24(16-25)9-11-31-22(15-24)18-13-20(28-2)23(30-4)21(14-18)29-3/h5-8,13-14,22H,9-12,15-16H2,1-4H3/t22-,24-/m1/s1. The number of sulfonamides is 1. The Hall–Kier alpha value is -2.33. The molecule has 2 atom stereocenters. The third-order valence-corrected chi connectivity index (χ3v) is 8.22. The molecule has 9 heteroatoms. The summed E-state index contributed by atoms with van der Waals surface area (Å²) in [6.07, 6.45) is 0.842. The smallest absolute Gasteiger partial charge is 0.243 e. The van der Waals surface area contributed by atoms with Crippen molar-refractivity contribution in [1.29, 1.82) is 0 Å². The summed E-state index contributed by atoms with van der Waals surface area (Å²) in [5.74, 6) is 1.60. The molecular formula is C24H31NO7S. The third-order valence-electron chi connectivity index (χ3n) is 6.37. The predicted molar refractivity (Wildman–Crippen MR) is 123 cm³/mol. The molecule has 2 aromatic carbocycles. The zero-order chi connectivity index (χ0) is 23.6. The molecule has 33 heavy (non-hydrogen) atoms. The molecule has 0 aliphatic carbocycles. The van der Waals surface area contributed by atoms with Crippen LogP contribution in [0.15, 0.2) is 41.3 Å². The van der Waals surface area contributed by atoms with Crippen molar-refractivity contribution in [3.8, 4) is 17.2 Å². The summed E-state index contributed by atoms with van der Waals surface area (Å²) in [7, 11) is 1.09. The van der Waals surface area contributed by atoms with E-state index in [9.17, 15) is 8.42 Å². The Kier molecular flexibility index (Phi) is 6.86. The second kappa shape index (κ2) is 9.50. The molecule has 2 aliphatic rings. The molecule has 180 valence electrons. The summed E-state index contributed by atoms with van der Waals surface area (Å²) in [5.41, 5.74) is 1.26. The van der Waals surface area contributed by atoms with E-state index in [2.05, 4.69) is 0 Å². The van der Waals surface area contributed by atoms with Gasteiger partial charge in [-0.25, -0.2) is 8.42 Å². The zero-order valence-electron chi connectivity index (χ0n) is 19.5. The third kappa shape index (κ3) is 4.68. The molecule has 0 amide bonds. The van der Waals surface area contributed by atoms with E-state index >= 15 is 0 Å². The normalized spacial score (nSPS) is 23.9. The maximum absolute atomic E-state index is 13.3. The highest BCUT2D eigenvalue weighted by molar-refractivity contribution is 7.89. The minimum absolute atomic E-state index is 0.285.